The average Bonchev–Trinajstić information content (AvgIpc) is 2.50. The number of nitrogens with zero attached hydrogens (tertiary/aromatic N) is 2. The summed E-state index contributed by atoms with van der Waals surface area (Å²) >= 11 is 3.50. The maximum Gasteiger partial charge on any atom is 0.193 e. The Bertz CT molecular complexity index is 476. The molecule has 6 heteroatoms. The summed E-state index contributed by atoms with van der Waals surface area (Å²) in [5.74, 6) is 0.977. The summed E-state index contributed by atoms with van der Waals surface area (Å²) in [6.07, 6.45) is 2.56. The summed E-state index contributed by atoms with van der Waals surface area (Å²) in [6, 6.07) is 8.34. The zero-order chi connectivity index (χ0) is 15.1. The minimum absolute atomic E-state index is 0. The third kappa shape index (κ3) is 6.04. The van der Waals surface area contributed by atoms with Crippen molar-refractivity contribution < 1.29 is 4.74 Å². The molecule has 1 fully saturated rings. The van der Waals surface area contributed by atoms with Gasteiger partial charge >= 0.3 is 0 Å². The zero-order valence-corrected chi connectivity index (χ0v) is 17.1. The number of likely N-dealkylation sites (tertiary alicyclic amines) is 1. The van der Waals surface area contributed by atoms with Crippen LogP contribution in [-0.2, 0) is 11.3 Å². The standard InChI is InChI=1S/C16H24BrN3O.HI/c1-3-21-15-7-9-20(10-8-15)16(18-2)19-12-13-5-4-6-14(17)11-13;/h4-6,11,15H,3,7-10,12H2,1-2H3,(H,18,19);1H. The first kappa shape index (κ1) is 19.7. The average molecular weight is 482 g/mol. The number of hydrogen-bond acceptors (Lipinski definition) is 2. The maximum atomic E-state index is 5.69. The van der Waals surface area contributed by atoms with Crippen molar-refractivity contribution in [3.05, 3.63) is 34.3 Å². The molecule has 0 aromatic heterocycles. The Morgan fingerprint density at radius 2 is 2.14 bits per heavy atom. The molecule has 0 radical (unpaired) electrons. The highest BCUT2D eigenvalue weighted by Gasteiger charge is 2.21. The third-order valence-electron chi connectivity index (χ3n) is 3.70. The van der Waals surface area contributed by atoms with E-state index in [4.69, 9.17) is 4.74 Å². The van der Waals surface area contributed by atoms with E-state index in [0.29, 0.717) is 6.10 Å². The fourth-order valence-electron chi connectivity index (χ4n) is 2.63. The number of halogens is 2. The molecule has 4 nitrogen and oxygen atoms in total. The number of rotatable bonds is 4. The molecule has 1 aromatic rings. The highest BCUT2D eigenvalue weighted by molar-refractivity contribution is 14.0. The van der Waals surface area contributed by atoms with Crippen LogP contribution in [0.25, 0.3) is 0 Å². The normalized spacial score (nSPS) is 16.3. The lowest BCUT2D eigenvalue weighted by Gasteiger charge is -2.34. The summed E-state index contributed by atoms with van der Waals surface area (Å²) < 4.78 is 6.80. The van der Waals surface area contributed by atoms with E-state index in [1.165, 1.54) is 5.56 Å². The minimum Gasteiger partial charge on any atom is -0.378 e. The van der Waals surface area contributed by atoms with E-state index in [9.17, 15) is 0 Å². The van der Waals surface area contributed by atoms with Crippen LogP contribution in [0, 0.1) is 0 Å². The molecule has 1 aliphatic rings. The zero-order valence-electron chi connectivity index (χ0n) is 13.2. The van der Waals surface area contributed by atoms with Gasteiger partial charge in [-0.3, -0.25) is 4.99 Å². The molecule has 0 spiro atoms. The van der Waals surface area contributed by atoms with Gasteiger partial charge in [-0.2, -0.15) is 0 Å². The van der Waals surface area contributed by atoms with Gasteiger partial charge in [-0.15, -0.1) is 24.0 Å². The Balaban J connectivity index is 0.00000242. The van der Waals surface area contributed by atoms with Crippen molar-refractivity contribution in [2.45, 2.75) is 32.4 Å². The first-order valence-corrected chi connectivity index (χ1v) is 8.34. The van der Waals surface area contributed by atoms with Crippen molar-refractivity contribution in [3.8, 4) is 0 Å². The van der Waals surface area contributed by atoms with Crippen molar-refractivity contribution in [1.29, 1.82) is 0 Å². The molecule has 22 heavy (non-hydrogen) atoms. The van der Waals surface area contributed by atoms with E-state index in [0.717, 1.165) is 49.5 Å². The molecule has 124 valence electrons. The van der Waals surface area contributed by atoms with Crippen molar-refractivity contribution >= 4 is 45.9 Å². The van der Waals surface area contributed by atoms with Gasteiger partial charge in [0.2, 0.25) is 0 Å². The minimum atomic E-state index is 0. The van der Waals surface area contributed by atoms with Crippen LogP contribution >= 0.6 is 39.9 Å². The molecule has 1 heterocycles. The molecule has 1 aromatic carbocycles. The lowest BCUT2D eigenvalue weighted by Crippen LogP contribution is -2.46. The van der Waals surface area contributed by atoms with Crippen molar-refractivity contribution in [1.82, 2.24) is 10.2 Å². The van der Waals surface area contributed by atoms with Crippen LogP contribution in [0.1, 0.15) is 25.3 Å². The van der Waals surface area contributed by atoms with Gasteiger partial charge in [0.1, 0.15) is 0 Å². The topological polar surface area (TPSA) is 36.9 Å². The summed E-state index contributed by atoms with van der Waals surface area (Å²) in [6.45, 7) is 5.66. The van der Waals surface area contributed by atoms with Gasteiger partial charge in [0.25, 0.3) is 0 Å². The van der Waals surface area contributed by atoms with E-state index >= 15 is 0 Å². The van der Waals surface area contributed by atoms with E-state index in [1.54, 1.807) is 0 Å². The van der Waals surface area contributed by atoms with Crippen molar-refractivity contribution in [3.63, 3.8) is 0 Å². The number of benzene rings is 1. The van der Waals surface area contributed by atoms with Gasteiger partial charge in [0, 0.05) is 37.8 Å². The van der Waals surface area contributed by atoms with E-state index < -0.39 is 0 Å². The highest BCUT2D eigenvalue weighted by Crippen LogP contribution is 2.14. The van der Waals surface area contributed by atoms with E-state index in [2.05, 4.69) is 56.3 Å². The molecule has 0 unspecified atom stereocenters. The Hall–Kier alpha value is -0.340. The number of hydrogen-bond donors (Lipinski definition) is 1. The predicted octanol–water partition coefficient (Wildman–Crippen LogP) is 3.64. The van der Waals surface area contributed by atoms with Gasteiger partial charge in [0.05, 0.1) is 6.10 Å². The predicted molar refractivity (Wildman–Crippen MR) is 106 cm³/mol. The van der Waals surface area contributed by atoms with Crippen molar-refractivity contribution in [2.75, 3.05) is 26.7 Å². The monoisotopic (exact) mass is 481 g/mol. The highest BCUT2D eigenvalue weighted by atomic mass is 127. The van der Waals surface area contributed by atoms with Crippen LogP contribution in [0.3, 0.4) is 0 Å². The Labute approximate surface area is 158 Å². The molecule has 0 bridgehead atoms. The van der Waals surface area contributed by atoms with Crippen LogP contribution in [-0.4, -0.2) is 43.7 Å². The first-order chi connectivity index (χ1) is 10.2. The van der Waals surface area contributed by atoms with Crippen LogP contribution in [0.2, 0.25) is 0 Å². The van der Waals surface area contributed by atoms with Gasteiger partial charge < -0.3 is 15.0 Å². The molecular formula is C16H25BrIN3O. The van der Waals surface area contributed by atoms with Gasteiger partial charge in [-0.1, -0.05) is 28.1 Å². The van der Waals surface area contributed by atoms with Gasteiger partial charge in [-0.25, -0.2) is 0 Å². The second-order valence-corrected chi connectivity index (χ2v) is 6.09. The fourth-order valence-corrected chi connectivity index (χ4v) is 3.08. The number of piperidine rings is 1. The Kier molecular flexibility index (Phi) is 9.35. The maximum absolute atomic E-state index is 5.69. The molecule has 0 saturated carbocycles. The van der Waals surface area contributed by atoms with Crippen LogP contribution < -0.4 is 5.32 Å². The van der Waals surface area contributed by atoms with Crippen LogP contribution in [0.5, 0.6) is 0 Å². The molecule has 0 atom stereocenters. The van der Waals surface area contributed by atoms with Crippen LogP contribution in [0.4, 0.5) is 0 Å². The second-order valence-electron chi connectivity index (χ2n) is 5.17. The van der Waals surface area contributed by atoms with Gasteiger partial charge in [-0.05, 0) is 37.5 Å². The fraction of sp³-hybridized carbons (Fsp3) is 0.562. The quantitative estimate of drug-likeness (QED) is 0.405. The number of nitrogens with one attached hydrogen (secondary N) is 1. The van der Waals surface area contributed by atoms with E-state index in [-0.39, 0.29) is 24.0 Å². The Morgan fingerprint density at radius 1 is 1.41 bits per heavy atom. The molecule has 1 N–H and O–H groups in total. The second kappa shape index (κ2) is 10.4. The molecule has 2 rings (SSSR count). The SMILES string of the molecule is CCOC1CCN(C(=NC)NCc2cccc(Br)c2)CC1.I. The summed E-state index contributed by atoms with van der Waals surface area (Å²) in [5, 5.41) is 3.44. The smallest absolute Gasteiger partial charge is 0.193 e. The number of aliphatic imine (C=N–C) groups is 1. The number of guanidine groups is 1. The molecule has 1 saturated heterocycles. The summed E-state index contributed by atoms with van der Waals surface area (Å²) in [5.41, 5.74) is 1.25. The summed E-state index contributed by atoms with van der Waals surface area (Å²) in [7, 11) is 1.85. The van der Waals surface area contributed by atoms with Gasteiger partial charge in [0.15, 0.2) is 5.96 Å². The Morgan fingerprint density at radius 3 is 2.73 bits per heavy atom. The van der Waals surface area contributed by atoms with Crippen molar-refractivity contribution in [2.24, 2.45) is 4.99 Å². The molecule has 0 amide bonds. The molecule has 1 aliphatic heterocycles. The largest absolute Gasteiger partial charge is 0.378 e. The van der Waals surface area contributed by atoms with Crippen LogP contribution in [0.15, 0.2) is 33.7 Å². The number of ether oxygens (including phenoxy) is 1. The summed E-state index contributed by atoms with van der Waals surface area (Å²) in [4.78, 5) is 6.71. The third-order valence-corrected chi connectivity index (χ3v) is 4.19. The molecular weight excluding hydrogens is 457 g/mol. The first-order valence-electron chi connectivity index (χ1n) is 7.54. The lowest BCUT2D eigenvalue weighted by molar-refractivity contribution is 0.0263. The van der Waals surface area contributed by atoms with E-state index in [1.807, 2.05) is 13.1 Å². The molecule has 0 aliphatic carbocycles. The lowest BCUT2D eigenvalue weighted by atomic mass is 10.1.